The SMILES string of the molecule is COc1ccc(CNC(=O)C(C)Nc2ccc(Cl)cc2C)cc1. The third-order valence-corrected chi connectivity index (χ3v) is 3.81. The van der Waals surface area contributed by atoms with E-state index < -0.39 is 0 Å². The van der Waals surface area contributed by atoms with Gasteiger partial charge in [0.25, 0.3) is 0 Å². The maximum atomic E-state index is 12.2. The molecule has 0 fully saturated rings. The molecular formula is C18H21ClN2O2. The van der Waals surface area contributed by atoms with Crippen molar-refractivity contribution in [2.75, 3.05) is 12.4 Å². The lowest BCUT2D eigenvalue weighted by molar-refractivity contribution is -0.121. The molecular weight excluding hydrogens is 312 g/mol. The number of rotatable bonds is 6. The lowest BCUT2D eigenvalue weighted by atomic mass is 10.1. The first kappa shape index (κ1) is 17.2. The molecule has 0 heterocycles. The smallest absolute Gasteiger partial charge is 0.242 e. The van der Waals surface area contributed by atoms with Crippen molar-refractivity contribution in [2.24, 2.45) is 0 Å². The number of aryl methyl sites for hydroxylation is 1. The van der Waals surface area contributed by atoms with Crippen LogP contribution in [-0.2, 0) is 11.3 Å². The van der Waals surface area contributed by atoms with E-state index in [1.807, 2.05) is 50.2 Å². The van der Waals surface area contributed by atoms with Crippen LogP contribution in [0.2, 0.25) is 5.02 Å². The zero-order chi connectivity index (χ0) is 16.8. The minimum absolute atomic E-state index is 0.0600. The monoisotopic (exact) mass is 332 g/mol. The second-order valence-electron chi connectivity index (χ2n) is 5.39. The zero-order valence-corrected chi connectivity index (χ0v) is 14.3. The van der Waals surface area contributed by atoms with Crippen LogP contribution >= 0.6 is 11.6 Å². The molecule has 0 bridgehead atoms. The van der Waals surface area contributed by atoms with Crippen molar-refractivity contribution in [2.45, 2.75) is 26.4 Å². The fourth-order valence-electron chi connectivity index (χ4n) is 2.17. The molecule has 23 heavy (non-hydrogen) atoms. The molecule has 0 aromatic heterocycles. The van der Waals surface area contributed by atoms with Gasteiger partial charge in [0.2, 0.25) is 5.91 Å². The zero-order valence-electron chi connectivity index (χ0n) is 13.5. The molecule has 1 atom stereocenters. The first-order valence-electron chi connectivity index (χ1n) is 7.43. The van der Waals surface area contributed by atoms with Gasteiger partial charge in [0.15, 0.2) is 0 Å². The van der Waals surface area contributed by atoms with Gasteiger partial charge in [-0.25, -0.2) is 0 Å². The Balaban J connectivity index is 1.89. The number of benzene rings is 2. The van der Waals surface area contributed by atoms with E-state index in [-0.39, 0.29) is 11.9 Å². The summed E-state index contributed by atoms with van der Waals surface area (Å²) in [5.74, 6) is 0.739. The Bertz CT molecular complexity index is 671. The largest absolute Gasteiger partial charge is 0.497 e. The lowest BCUT2D eigenvalue weighted by Crippen LogP contribution is -2.37. The Labute approximate surface area is 141 Å². The summed E-state index contributed by atoms with van der Waals surface area (Å²) in [6.07, 6.45) is 0. The van der Waals surface area contributed by atoms with Crippen molar-refractivity contribution in [1.82, 2.24) is 5.32 Å². The van der Waals surface area contributed by atoms with E-state index in [4.69, 9.17) is 16.3 Å². The molecule has 122 valence electrons. The fraction of sp³-hybridized carbons (Fsp3) is 0.278. The van der Waals surface area contributed by atoms with Crippen LogP contribution in [-0.4, -0.2) is 19.1 Å². The van der Waals surface area contributed by atoms with Gasteiger partial charge in [-0.1, -0.05) is 23.7 Å². The summed E-state index contributed by atoms with van der Waals surface area (Å²) in [4.78, 5) is 12.2. The van der Waals surface area contributed by atoms with Crippen LogP contribution in [0, 0.1) is 6.92 Å². The molecule has 2 N–H and O–H groups in total. The molecule has 5 heteroatoms. The Morgan fingerprint density at radius 1 is 1.22 bits per heavy atom. The summed E-state index contributed by atoms with van der Waals surface area (Å²) >= 11 is 5.94. The molecule has 0 aliphatic carbocycles. The average Bonchev–Trinajstić information content (AvgIpc) is 2.55. The number of nitrogens with one attached hydrogen (secondary N) is 2. The molecule has 4 nitrogen and oxygen atoms in total. The first-order valence-corrected chi connectivity index (χ1v) is 7.80. The van der Waals surface area contributed by atoms with E-state index in [0.717, 1.165) is 22.6 Å². The van der Waals surface area contributed by atoms with Crippen molar-refractivity contribution in [1.29, 1.82) is 0 Å². The van der Waals surface area contributed by atoms with Crippen LogP contribution in [0.3, 0.4) is 0 Å². The molecule has 0 aliphatic heterocycles. The number of ether oxygens (including phenoxy) is 1. The number of hydrogen-bond donors (Lipinski definition) is 2. The molecule has 0 saturated carbocycles. The van der Waals surface area contributed by atoms with Gasteiger partial charge in [0.1, 0.15) is 11.8 Å². The summed E-state index contributed by atoms with van der Waals surface area (Å²) in [5, 5.41) is 6.80. The molecule has 0 saturated heterocycles. The van der Waals surface area contributed by atoms with Gasteiger partial charge in [-0.05, 0) is 55.3 Å². The first-order chi connectivity index (χ1) is 11.0. The van der Waals surface area contributed by atoms with Gasteiger partial charge in [-0.15, -0.1) is 0 Å². The second-order valence-corrected chi connectivity index (χ2v) is 5.83. The molecule has 2 aromatic carbocycles. The molecule has 2 rings (SSSR count). The van der Waals surface area contributed by atoms with Gasteiger partial charge < -0.3 is 15.4 Å². The van der Waals surface area contributed by atoms with Crippen LogP contribution in [0.25, 0.3) is 0 Å². The van der Waals surface area contributed by atoms with Crippen LogP contribution in [0.1, 0.15) is 18.1 Å². The number of carbonyl (C=O) groups is 1. The molecule has 1 unspecified atom stereocenters. The summed E-state index contributed by atoms with van der Waals surface area (Å²) in [6, 6.07) is 12.8. The number of methoxy groups -OCH3 is 1. The molecule has 2 aromatic rings. The predicted octanol–water partition coefficient (Wildman–Crippen LogP) is 3.77. The average molecular weight is 333 g/mol. The minimum Gasteiger partial charge on any atom is -0.497 e. The number of carbonyl (C=O) groups excluding carboxylic acids is 1. The van der Waals surface area contributed by atoms with Crippen LogP contribution in [0.4, 0.5) is 5.69 Å². The van der Waals surface area contributed by atoms with Gasteiger partial charge in [0, 0.05) is 17.3 Å². The van der Waals surface area contributed by atoms with Gasteiger partial charge in [-0.3, -0.25) is 4.79 Å². The predicted molar refractivity (Wildman–Crippen MR) is 94.1 cm³/mol. The third-order valence-electron chi connectivity index (χ3n) is 3.58. The molecule has 0 radical (unpaired) electrons. The van der Waals surface area contributed by atoms with Gasteiger partial charge >= 0.3 is 0 Å². The Morgan fingerprint density at radius 3 is 2.52 bits per heavy atom. The highest BCUT2D eigenvalue weighted by atomic mass is 35.5. The van der Waals surface area contributed by atoms with E-state index in [9.17, 15) is 4.79 Å². The van der Waals surface area contributed by atoms with Crippen LogP contribution in [0.5, 0.6) is 5.75 Å². The molecule has 0 spiro atoms. The van der Waals surface area contributed by atoms with Crippen molar-refractivity contribution >= 4 is 23.2 Å². The number of amides is 1. The second kappa shape index (κ2) is 7.88. The normalized spacial score (nSPS) is 11.7. The van der Waals surface area contributed by atoms with Crippen molar-refractivity contribution in [3.63, 3.8) is 0 Å². The Kier molecular flexibility index (Phi) is 5.88. The fourth-order valence-corrected chi connectivity index (χ4v) is 2.40. The Morgan fingerprint density at radius 2 is 1.91 bits per heavy atom. The number of anilines is 1. The van der Waals surface area contributed by atoms with E-state index in [1.165, 1.54) is 0 Å². The highest BCUT2D eigenvalue weighted by Crippen LogP contribution is 2.20. The molecule has 1 amide bonds. The quantitative estimate of drug-likeness (QED) is 0.846. The maximum absolute atomic E-state index is 12.2. The van der Waals surface area contributed by atoms with Crippen LogP contribution < -0.4 is 15.4 Å². The van der Waals surface area contributed by atoms with Crippen molar-refractivity contribution in [3.05, 3.63) is 58.6 Å². The van der Waals surface area contributed by atoms with Crippen molar-refractivity contribution < 1.29 is 9.53 Å². The van der Waals surface area contributed by atoms with E-state index in [0.29, 0.717) is 11.6 Å². The topological polar surface area (TPSA) is 50.4 Å². The highest BCUT2D eigenvalue weighted by Gasteiger charge is 2.13. The van der Waals surface area contributed by atoms with Crippen molar-refractivity contribution in [3.8, 4) is 5.75 Å². The third kappa shape index (κ3) is 4.89. The number of hydrogen-bond acceptors (Lipinski definition) is 3. The standard InChI is InChI=1S/C18H21ClN2O2/c1-12-10-15(19)6-9-17(12)21-13(2)18(22)20-11-14-4-7-16(23-3)8-5-14/h4-10,13,21H,11H2,1-3H3,(H,20,22). The van der Waals surface area contributed by atoms with Crippen LogP contribution in [0.15, 0.2) is 42.5 Å². The lowest BCUT2D eigenvalue weighted by Gasteiger charge is -2.17. The Hall–Kier alpha value is -2.20. The minimum atomic E-state index is -0.340. The van der Waals surface area contributed by atoms with E-state index in [2.05, 4.69) is 10.6 Å². The highest BCUT2D eigenvalue weighted by molar-refractivity contribution is 6.30. The summed E-state index contributed by atoms with van der Waals surface area (Å²) in [5.41, 5.74) is 2.93. The van der Waals surface area contributed by atoms with Gasteiger partial charge in [0.05, 0.1) is 7.11 Å². The van der Waals surface area contributed by atoms with E-state index in [1.54, 1.807) is 13.2 Å². The number of halogens is 1. The molecule has 0 aliphatic rings. The van der Waals surface area contributed by atoms with Gasteiger partial charge in [-0.2, -0.15) is 0 Å². The summed E-state index contributed by atoms with van der Waals surface area (Å²) < 4.78 is 5.11. The summed E-state index contributed by atoms with van der Waals surface area (Å²) in [7, 11) is 1.63. The summed E-state index contributed by atoms with van der Waals surface area (Å²) in [6.45, 7) is 4.27. The maximum Gasteiger partial charge on any atom is 0.242 e. The van der Waals surface area contributed by atoms with E-state index >= 15 is 0 Å².